The number of benzene rings is 1. The Kier molecular flexibility index (Phi) is 2.78. The van der Waals surface area contributed by atoms with Gasteiger partial charge in [-0.15, -0.1) is 0 Å². The fourth-order valence-corrected chi connectivity index (χ4v) is 1.23. The zero-order valence-electron chi connectivity index (χ0n) is 6.28. The van der Waals surface area contributed by atoms with Crippen molar-refractivity contribution in [2.45, 2.75) is 4.90 Å². The molecule has 5 heteroatoms. The van der Waals surface area contributed by atoms with Crippen LogP contribution >= 0.6 is 0 Å². The van der Waals surface area contributed by atoms with Crippen LogP contribution in [-0.2, 0) is 11.1 Å². The number of hydrogen-bond donors (Lipinski definition) is 1. The summed E-state index contributed by atoms with van der Waals surface area (Å²) in [5.74, 6) is -0.823. The Bertz CT molecular complexity index is 314. The molecule has 0 aliphatic carbocycles. The molecule has 1 atom stereocenters. The van der Waals surface area contributed by atoms with Gasteiger partial charge in [0.25, 0.3) is 0 Å². The summed E-state index contributed by atoms with van der Waals surface area (Å²) in [6.45, 7) is 0. The Balaban J connectivity index is 3.23. The van der Waals surface area contributed by atoms with E-state index in [1.54, 1.807) is 0 Å². The second-order valence-corrected chi connectivity index (χ2v) is 2.96. The van der Waals surface area contributed by atoms with E-state index in [1.807, 2.05) is 0 Å². The maximum Gasteiger partial charge on any atom is 0.189 e. The van der Waals surface area contributed by atoms with Gasteiger partial charge >= 0.3 is 0 Å². The fourth-order valence-electron chi connectivity index (χ4n) is 0.783. The molecule has 0 amide bonds. The number of halogens is 1. The first kappa shape index (κ1) is 9.15. The Morgan fingerprint density at radius 1 is 1.58 bits per heavy atom. The lowest BCUT2D eigenvalue weighted by molar-refractivity contribution is 0.380. The van der Waals surface area contributed by atoms with Gasteiger partial charge in [-0.25, -0.2) is 8.60 Å². The fraction of sp³-hybridized carbons (Fsp3) is 0.143. The molecule has 0 heterocycles. The summed E-state index contributed by atoms with van der Waals surface area (Å²) in [5.41, 5.74) is 0. The van der Waals surface area contributed by atoms with E-state index >= 15 is 0 Å². The zero-order chi connectivity index (χ0) is 9.14. The first-order valence-corrected chi connectivity index (χ1v) is 4.21. The van der Waals surface area contributed by atoms with Gasteiger partial charge in [0.05, 0.1) is 7.11 Å². The van der Waals surface area contributed by atoms with Gasteiger partial charge in [0.15, 0.2) is 22.6 Å². The molecule has 0 bridgehead atoms. The molecule has 1 unspecified atom stereocenters. The predicted octanol–water partition coefficient (Wildman–Crippen LogP) is 1.41. The van der Waals surface area contributed by atoms with E-state index in [0.717, 1.165) is 0 Å². The van der Waals surface area contributed by atoms with Gasteiger partial charge in [-0.1, -0.05) is 6.07 Å². The van der Waals surface area contributed by atoms with Crippen molar-refractivity contribution in [2.75, 3.05) is 7.11 Å². The zero-order valence-corrected chi connectivity index (χ0v) is 7.10. The van der Waals surface area contributed by atoms with E-state index in [0.29, 0.717) is 0 Å². The topological polar surface area (TPSA) is 46.5 Å². The summed E-state index contributed by atoms with van der Waals surface area (Å²) >= 11 is -2.31. The summed E-state index contributed by atoms with van der Waals surface area (Å²) in [6.07, 6.45) is 0. The van der Waals surface area contributed by atoms with Gasteiger partial charge in [-0.2, -0.15) is 0 Å². The SMILES string of the molecule is COc1cccc(S(=O)O)c1F. The molecular formula is C7H7FO3S. The van der Waals surface area contributed by atoms with Crippen LogP contribution in [0.2, 0.25) is 0 Å². The van der Waals surface area contributed by atoms with Crippen molar-refractivity contribution in [3.63, 3.8) is 0 Å². The van der Waals surface area contributed by atoms with Crippen LogP contribution in [0.1, 0.15) is 0 Å². The van der Waals surface area contributed by atoms with Gasteiger partial charge < -0.3 is 9.29 Å². The van der Waals surface area contributed by atoms with Crippen molar-refractivity contribution in [2.24, 2.45) is 0 Å². The molecule has 0 spiro atoms. The van der Waals surface area contributed by atoms with Gasteiger partial charge in [-0.05, 0) is 12.1 Å². The smallest absolute Gasteiger partial charge is 0.189 e. The van der Waals surface area contributed by atoms with Crippen LogP contribution in [0.5, 0.6) is 5.75 Å². The normalized spacial score (nSPS) is 12.6. The number of hydrogen-bond acceptors (Lipinski definition) is 2. The molecule has 0 aliphatic heterocycles. The van der Waals surface area contributed by atoms with E-state index in [1.165, 1.54) is 25.3 Å². The molecule has 0 fully saturated rings. The molecule has 0 saturated heterocycles. The molecule has 1 aromatic rings. The second kappa shape index (κ2) is 3.64. The minimum Gasteiger partial charge on any atom is -0.494 e. The monoisotopic (exact) mass is 190 g/mol. The van der Waals surface area contributed by atoms with Crippen LogP contribution in [0.15, 0.2) is 23.1 Å². The molecule has 1 N–H and O–H groups in total. The van der Waals surface area contributed by atoms with Gasteiger partial charge in [0.1, 0.15) is 4.90 Å². The lowest BCUT2D eigenvalue weighted by atomic mass is 10.3. The van der Waals surface area contributed by atoms with Crippen molar-refractivity contribution in [1.29, 1.82) is 0 Å². The summed E-state index contributed by atoms with van der Waals surface area (Å²) in [7, 11) is 1.29. The Morgan fingerprint density at radius 3 is 2.75 bits per heavy atom. The largest absolute Gasteiger partial charge is 0.494 e. The summed E-state index contributed by atoms with van der Waals surface area (Å²) in [4.78, 5) is -0.269. The quantitative estimate of drug-likeness (QED) is 0.717. The van der Waals surface area contributed by atoms with Crippen molar-refractivity contribution in [3.05, 3.63) is 24.0 Å². The minimum atomic E-state index is -2.31. The molecule has 0 aromatic heterocycles. The highest BCUT2D eigenvalue weighted by Crippen LogP contribution is 2.21. The highest BCUT2D eigenvalue weighted by atomic mass is 32.2. The summed E-state index contributed by atoms with van der Waals surface area (Å²) in [6, 6.07) is 4.06. The van der Waals surface area contributed by atoms with E-state index in [-0.39, 0.29) is 10.6 Å². The van der Waals surface area contributed by atoms with E-state index in [2.05, 4.69) is 4.74 Å². The third-order valence-corrected chi connectivity index (χ3v) is 2.03. The van der Waals surface area contributed by atoms with Crippen molar-refractivity contribution in [3.8, 4) is 5.75 Å². The van der Waals surface area contributed by atoms with Gasteiger partial charge in [0, 0.05) is 0 Å². The highest BCUT2D eigenvalue weighted by Gasteiger charge is 2.11. The average molecular weight is 190 g/mol. The van der Waals surface area contributed by atoms with Crippen LogP contribution in [0.25, 0.3) is 0 Å². The van der Waals surface area contributed by atoms with Crippen molar-refractivity contribution < 1.29 is 17.9 Å². The molecular weight excluding hydrogens is 183 g/mol. The molecule has 3 nitrogen and oxygen atoms in total. The average Bonchev–Trinajstić information content (AvgIpc) is 2.04. The summed E-state index contributed by atoms with van der Waals surface area (Å²) in [5, 5.41) is 0. The maximum atomic E-state index is 13.0. The van der Waals surface area contributed by atoms with Gasteiger partial charge in [0.2, 0.25) is 0 Å². The summed E-state index contributed by atoms with van der Waals surface area (Å²) < 4.78 is 36.8. The lowest BCUT2D eigenvalue weighted by Gasteiger charge is -2.02. The van der Waals surface area contributed by atoms with Crippen LogP contribution < -0.4 is 4.74 Å². The lowest BCUT2D eigenvalue weighted by Crippen LogP contribution is -1.96. The third-order valence-electron chi connectivity index (χ3n) is 1.34. The molecule has 12 heavy (non-hydrogen) atoms. The molecule has 0 saturated carbocycles. The minimum absolute atomic E-state index is 0.0325. The van der Waals surface area contributed by atoms with E-state index in [4.69, 9.17) is 4.55 Å². The van der Waals surface area contributed by atoms with Crippen LogP contribution in [0.4, 0.5) is 4.39 Å². The van der Waals surface area contributed by atoms with Crippen LogP contribution in [-0.4, -0.2) is 15.9 Å². The highest BCUT2D eigenvalue weighted by molar-refractivity contribution is 7.79. The van der Waals surface area contributed by atoms with E-state index in [9.17, 15) is 8.60 Å². The van der Waals surface area contributed by atoms with E-state index < -0.39 is 16.9 Å². The van der Waals surface area contributed by atoms with Gasteiger partial charge in [-0.3, -0.25) is 0 Å². The van der Waals surface area contributed by atoms with Crippen molar-refractivity contribution >= 4 is 11.1 Å². The predicted molar refractivity (Wildman–Crippen MR) is 42.0 cm³/mol. The molecule has 0 aliphatic rings. The Hall–Kier alpha value is -0.940. The molecule has 1 aromatic carbocycles. The van der Waals surface area contributed by atoms with Crippen molar-refractivity contribution in [1.82, 2.24) is 0 Å². The third kappa shape index (κ3) is 1.62. The standard InChI is InChI=1S/C7H7FO3S/c1-11-5-3-2-4-6(7(5)8)12(9)10/h2-4H,1H3,(H,9,10). The number of ether oxygens (including phenoxy) is 1. The second-order valence-electron chi connectivity index (χ2n) is 2.02. The maximum absolute atomic E-state index is 13.0. The number of rotatable bonds is 2. The number of methoxy groups -OCH3 is 1. The first-order valence-electron chi connectivity index (χ1n) is 3.10. The molecule has 66 valence electrons. The van der Waals surface area contributed by atoms with Crippen LogP contribution in [0, 0.1) is 5.82 Å². The first-order chi connectivity index (χ1) is 5.66. The Morgan fingerprint density at radius 2 is 2.25 bits per heavy atom. The molecule has 1 rings (SSSR count). The Labute approximate surface area is 71.5 Å². The molecule has 0 radical (unpaired) electrons. The van der Waals surface area contributed by atoms with Crippen LogP contribution in [0.3, 0.4) is 0 Å².